The van der Waals surface area contributed by atoms with Gasteiger partial charge in [0.15, 0.2) is 0 Å². The van der Waals surface area contributed by atoms with Crippen molar-refractivity contribution >= 4 is 11.6 Å². The molecule has 19 heavy (non-hydrogen) atoms. The Morgan fingerprint density at radius 3 is 2.37 bits per heavy atom. The average Bonchev–Trinajstić information content (AvgIpc) is 2.39. The molecule has 1 atom stereocenters. The Labute approximate surface area is 120 Å². The maximum absolute atomic E-state index is 6.42. The molecular formula is C17H20ClN. The van der Waals surface area contributed by atoms with Crippen LogP contribution in [0.2, 0.25) is 5.02 Å². The molecule has 2 rings (SSSR count). The highest BCUT2D eigenvalue weighted by atomic mass is 35.5. The molecule has 0 aliphatic carbocycles. The van der Waals surface area contributed by atoms with E-state index in [9.17, 15) is 0 Å². The normalized spacial score (nSPS) is 13.3. The van der Waals surface area contributed by atoms with Crippen molar-refractivity contribution in [3.05, 3.63) is 70.7 Å². The van der Waals surface area contributed by atoms with Gasteiger partial charge in [-0.1, -0.05) is 67.9 Å². The Balaban J connectivity index is 2.17. The van der Waals surface area contributed by atoms with Gasteiger partial charge in [-0.25, -0.2) is 0 Å². The molecule has 0 bridgehead atoms. The highest BCUT2D eigenvalue weighted by Gasteiger charge is 2.28. The summed E-state index contributed by atoms with van der Waals surface area (Å²) in [6.07, 6.45) is 0.822. The summed E-state index contributed by atoms with van der Waals surface area (Å²) < 4.78 is 0. The van der Waals surface area contributed by atoms with Crippen molar-refractivity contribution < 1.29 is 0 Å². The quantitative estimate of drug-likeness (QED) is 0.888. The van der Waals surface area contributed by atoms with E-state index in [1.54, 1.807) is 0 Å². The standard InChI is InChI=1S/C17H20ClN/c1-17(2,14-8-4-3-5-9-14)16(19)12-13-7-6-10-15(18)11-13/h3-11,16H,12,19H2,1-2H3. The third kappa shape index (κ3) is 3.37. The molecule has 0 radical (unpaired) electrons. The third-order valence-electron chi connectivity index (χ3n) is 3.79. The maximum Gasteiger partial charge on any atom is 0.0408 e. The van der Waals surface area contributed by atoms with Crippen molar-refractivity contribution in [2.45, 2.75) is 31.7 Å². The van der Waals surface area contributed by atoms with E-state index in [-0.39, 0.29) is 11.5 Å². The summed E-state index contributed by atoms with van der Waals surface area (Å²) in [5, 5.41) is 0.766. The number of hydrogen-bond donors (Lipinski definition) is 1. The van der Waals surface area contributed by atoms with Crippen molar-refractivity contribution in [1.29, 1.82) is 0 Å². The van der Waals surface area contributed by atoms with Crippen LogP contribution in [0.25, 0.3) is 0 Å². The molecular weight excluding hydrogens is 254 g/mol. The van der Waals surface area contributed by atoms with E-state index < -0.39 is 0 Å². The van der Waals surface area contributed by atoms with Crippen LogP contribution in [-0.2, 0) is 11.8 Å². The lowest BCUT2D eigenvalue weighted by Crippen LogP contribution is -2.42. The summed E-state index contributed by atoms with van der Waals surface area (Å²) in [7, 11) is 0. The van der Waals surface area contributed by atoms with Gasteiger partial charge in [-0.2, -0.15) is 0 Å². The molecule has 2 aromatic rings. The van der Waals surface area contributed by atoms with Gasteiger partial charge >= 0.3 is 0 Å². The Kier molecular flexibility index (Phi) is 4.28. The molecule has 1 nitrogen and oxygen atoms in total. The second-order valence-electron chi connectivity index (χ2n) is 5.53. The van der Waals surface area contributed by atoms with Crippen molar-refractivity contribution in [3.63, 3.8) is 0 Å². The van der Waals surface area contributed by atoms with Gasteiger partial charge in [0.05, 0.1) is 0 Å². The predicted octanol–water partition coefficient (Wildman–Crippen LogP) is 4.19. The zero-order valence-electron chi connectivity index (χ0n) is 11.4. The number of nitrogens with two attached hydrogens (primary N) is 1. The predicted molar refractivity (Wildman–Crippen MR) is 82.6 cm³/mol. The summed E-state index contributed by atoms with van der Waals surface area (Å²) >= 11 is 6.02. The molecule has 0 fully saturated rings. The molecule has 1 unspecified atom stereocenters. The molecule has 0 aromatic heterocycles. The zero-order valence-corrected chi connectivity index (χ0v) is 12.2. The van der Waals surface area contributed by atoms with Crippen LogP contribution < -0.4 is 5.73 Å². The molecule has 2 N–H and O–H groups in total. The maximum atomic E-state index is 6.42. The lowest BCUT2D eigenvalue weighted by Gasteiger charge is -2.32. The molecule has 2 heteroatoms. The largest absolute Gasteiger partial charge is 0.327 e. The van der Waals surface area contributed by atoms with Crippen LogP contribution in [0.4, 0.5) is 0 Å². The van der Waals surface area contributed by atoms with Gasteiger partial charge in [0.25, 0.3) is 0 Å². The number of benzene rings is 2. The van der Waals surface area contributed by atoms with E-state index in [0.29, 0.717) is 0 Å². The highest BCUT2D eigenvalue weighted by Crippen LogP contribution is 2.28. The Morgan fingerprint density at radius 1 is 1.05 bits per heavy atom. The van der Waals surface area contributed by atoms with Crippen LogP contribution >= 0.6 is 11.6 Å². The lowest BCUT2D eigenvalue weighted by atomic mass is 9.76. The third-order valence-corrected chi connectivity index (χ3v) is 4.02. The van der Waals surface area contributed by atoms with E-state index in [0.717, 1.165) is 11.4 Å². The van der Waals surface area contributed by atoms with E-state index in [1.807, 2.05) is 24.3 Å². The van der Waals surface area contributed by atoms with E-state index in [4.69, 9.17) is 17.3 Å². The van der Waals surface area contributed by atoms with Crippen molar-refractivity contribution in [2.75, 3.05) is 0 Å². The Morgan fingerprint density at radius 2 is 1.74 bits per heavy atom. The van der Waals surface area contributed by atoms with Gasteiger partial charge in [-0.3, -0.25) is 0 Å². The van der Waals surface area contributed by atoms with Crippen LogP contribution in [0.5, 0.6) is 0 Å². The summed E-state index contributed by atoms with van der Waals surface area (Å²) in [6.45, 7) is 4.38. The second-order valence-corrected chi connectivity index (χ2v) is 5.96. The topological polar surface area (TPSA) is 26.0 Å². The molecule has 2 aromatic carbocycles. The molecule has 0 saturated carbocycles. The van der Waals surface area contributed by atoms with Crippen LogP contribution in [0.3, 0.4) is 0 Å². The SMILES string of the molecule is CC(C)(c1ccccc1)C(N)Cc1cccc(Cl)c1. The fraction of sp³-hybridized carbons (Fsp3) is 0.294. The molecule has 0 spiro atoms. The first-order valence-corrected chi connectivity index (χ1v) is 6.93. The van der Waals surface area contributed by atoms with Crippen LogP contribution in [0.1, 0.15) is 25.0 Å². The fourth-order valence-electron chi connectivity index (χ4n) is 2.25. The number of rotatable bonds is 4. The van der Waals surface area contributed by atoms with Gasteiger partial charge < -0.3 is 5.73 Å². The monoisotopic (exact) mass is 273 g/mol. The zero-order chi connectivity index (χ0) is 13.9. The van der Waals surface area contributed by atoms with E-state index in [1.165, 1.54) is 11.1 Å². The first-order valence-electron chi connectivity index (χ1n) is 6.55. The molecule has 0 saturated heterocycles. The smallest absolute Gasteiger partial charge is 0.0408 e. The van der Waals surface area contributed by atoms with Crippen molar-refractivity contribution in [2.24, 2.45) is 5.73 Å². The summed E-state index contributed by atoms with van der Waals surface area (Å²) in [4.78, 5) is 0. The summed E-state index contributed by atoms with van der Waals surface area (Å²) in [5.74, 6) is 0. The van der Waals surface area contributed by atoms with Gasteiger partial charge in [-0.05, 0) is 29.7 Å². The van der Waals surface area contributed by atoms with Crippen LogP contribution in [-0.4, -0.2) is 6.04 Å². The fourth-order valence-corrected chi connectivity index (χ4v) is 2.47. The molecule has 0 aliphatic rings. The number of hydrogen-bond acceptors (Lipinski definition) is 1. The van der Waals surface area contributed by atoms with Gasteiger partial charge in [0, 0.05) is 16.5 Å². The minimum Gasteiger partial charge on any atom is -0.327 e. The van der Waals surface area contributed by atoms with Crippen molar-refractivity contribution in [1.82, 2.24) is 0 Å². The second kappa shape index (κ2) is 5.77. The lowest BCUT2D eigenvalue weighted by molar-refractivity contribution is 0.406. The molecule has 0 heterocycles. The Hall–Kier alpha value is -1.31. The van der Waals surface area contributed by atoms with Gasteiger partial charge in [0.1, 0.15) is 0 Å². The molecule has 100 valence electrons. The van der Waals surface area contributed by atoms with Crippen molar-refractivity contribution in [3.8, 4) is 0 Å². The number of halogens is 1. The Bertz CT molecular complexity index is 534. The summed E-state index contributed by atoms with van der Waals surface area (Å²) in [6, 6.07) is 18.4. The van der Waals surface area contributed by atoms with E-state index in [2.05, 4.69) is 44.2 Å². The average molecular weight is 274 g/mol. The van der Waals surface area contributed by atoms with Gasteiger partial charge in [-0.15, -0.1) is 0 Å². The van der Waals surface area contributed by atoms with Crippen LogP contribution in [0, 0.1) is 0 Å². The minimum atomic E-state index is -0.0659. The molecule has 0 amide bonds. The van der Waals surface area contributed by atoms with E-state index >= 15 is 0 Å². The summed E-state index contributed by atoms with van der Waals surface area (Å²) in [5.41, 5.74) is 8.81. The highest BCUT2D eigenvalue weighted by molar-refractivity contribution is 6.30. The first-order chi connectivity index (χ1) is 9.00. The molecule has 0 aliphatic heterocycles. The van der Waals surface area contributed by atoms with Gasteiger partial charge in [0.2, 0.25) is 0 Å². The van der Waals surface area contributed by atoms with Crippen LogP contribution in [0.15, 0.2) is 54.6 Å². The minimum absolute atomic E-state index is 0.0494. The first kappa shape index (κ1) is 14.1.